The van der Waals surface area contributed by atoms with Gasteiger partial charge in [0.1, 0.15) is 5.82 Å². The molecule has 7 heteroatoms. The Morgan fingerprint density at radius 1 is 1.28 bits per heavy atom. The Balaban J connectivity index is 1.64. The molecule has 0 bridgehead atoms. The van der Waals surface area contributed by atoms with Crippen LogP contribution in [0.15, 0.2) is 34.8 Å². The maximum Gasteiger partial charge on any atom is 0.194 e. The minimum Gasteiger partial charge on any atom is -0.366 e. The van der Waals surface area contributed by atoms with Crippen LogP contribution in [0.4, 0.5) is 10.1 Å². The highest BCUT2D eigenvalue weighted by Crippen LogP contribution is 2.20. The third kappa shape index (κ3) is 4.28. The van der Waals surface area contributed by atoms with Crippen molar-refractivity contribution < 1.29 is 4.39 Å². The average molecular weight is 361 g/mol. The Labute approximate surface area is 152 Å². The molecule has 1 fully saturated rings. The van der Waals surface area contributed by atoms with Crippen molar-refractivity contribution in [3.63, 3.8) is 0 Å². The predicted octanol–water partition coefficient (Wildman–Crippen LogP) is 2.88. The topological polar surface area (TPSA) is 43.8 Å². The number of para-hydroxylation sites is 1. The fourth-order valence-electron chi connectivity index (χ4n) is 2.92. The summed E-state index contributed by atoms with van der Waals surface area (Å²) in [5.41, 5.74) is 3.60. The predicted molar refractivity (Wildman–Crippen MR) is 102 cm³/mol. The maximum atomic E-state index is 14.0. The third-order valence-electron chi connectivity index (χ3n) is 4.32. The van der Waals surface area contributed by atoms with Gasteiger partial charge in [-0.05, 0) is 26.0 Å². The molecule has 0 radical (unpaired) electrons. The van der Waals surface area contributed by atoms with Crippen molar-refractivity contribution >= 4 is 23.0 Å². The van der Waals surface area contributed by atoms with Gasteiger partial charge in [0, 0.05) is 37.6 Å². The Hall–Kier alpha value is -2.15. The monoisotopic (exact) mass is 361 g/mol. The maximum absolute atomic E-state index is 14.0. The number of aryl methyl sites for hydroxylation is 1. The molecule has 0 amide bonds. The van der Waals surface area contributed by atoms with Gasteiger partial charge in [-0.1, -0.05) is 12.1 Å². The van der Waals surface area contributed by atoms with Crippen LogP contribution in [0.1, 0.15) is 17.5 Å². The normalized spacial score (nSPS) is 15.6. The second kappa shape index (κ2) is 8.29. The standard InChI is InChI=1S/C18H24FN5S/c1-3-20-18(21-12-17-14(2)22-13-25-17)24-10-8-23(9-11-24)16-7-5-4-6-15(16)19/h4-7,13H,3,8-12H2,1-2H3,(H,20,21). The van der Waals surface area contributed by atoms with E-state index in [1.807, 2.05) is 24.6 Å². The first kappa shape index (κ1) is 17.7. The molecule has 1 N–H and O–H groups in total. The molecular weight excluding hydrogens is 337 g/mol. The van der Waals surface area contributed by atoms with E-state index in [4.69, 9.17) is 4.99 Å². The number of rotatable bonds is 4. The van der Waals surface area contributed by atoms with Crippen molar-refractivity contribution in [2.45, 2.75) is 20.4 Å². The first-order chi connectivity index (χ1) is 12.2. The minimum atomic E-state index is -0.155. The van der Waals surface area contributed by atoms with Gasteiger partial charge in [-0.3, -0.25) is 0 Å². The zero-order valence-corrected chi connectivity index (χ0v) is 15.5. The number of anilines is 1. The quantitative estimate of drug-likeness (QED) is 0.672. The van der Waals surface area contributed by atoms with E-state index in [1.165, 1.54) is 10.9 Å². The second-order valence-corrected chi connectivity index (χ2v) is 6.90. The lowest BCUT2D eigenvalue weighted by Gasteiger charge is -2.37. The number of hydrogen-bond acceptors (Lipinski definition) is 4. The molecule has 5 nitrogen and oxygen atoms in total. The number of nitrogens with one attached hydrogen (secondary N) is 1. The lowest BCUT2D eigenvalue weighted by molar-refractivity contribution is 0.370. The number of aliphatic imine (C=N–C) groups is 1. The summed E-state index contributed by atoms with van der Waals surface area (Å²) < 4.78 is 14.0. The van der Waals surface area contributed by atoms with Gasteiger partial charge < -0.3 is 15.1 Å². The van der Waals surface area contributed by atoms with Crippen LogP contribution in [0.2, 0.25) is 0 Å². The molecule has 1 saturated heterocycles. The lowest BCUT2D eigenvalue weighted by atomic mass is 10.2. The summed E-state index contributed by atoms with van der Waals surface area (Å²) >= 11 is 1.64. The SMILES string of the molecule is CCNC(=NCc1scnc1C)N1CCN(c2ccccc2F)CC1. The van der Waals surface area contributed by atoms with Gasteiger partial charge in [0.15, 0.2) is 5.96 Å². The van der Waals surface area contributed by atoms with Crippen molar-refractivity contribution in [1.29, 1.82) is 0 Å². The Kier molecular flexibility index (Phi) is 5.86. The molecule has 134 valence electrons. The molecule has 0 saturated carbocycles. The number of thiazole rings is 1. The molecule has 1 aliphatic rings. The van der Waals surface area contributed by atoms with Gasteiger partial charge in [0.2, 0.25) is 0 Å². The largest absolute Gasteiger partial charge is 0.366 e. The Morgan fingerprint density at radius 3 is 2.68 bits per heavy atom. The smallest absolute Gasteiger partial charge is 0.194 e. The number of aromatic nitrogens is 1. The lowest BCUT2D eigenvalue weighted by Crippen LogP contribution is -2.52. The summed E-state index contributed by atoms with van der Waals surface area (Å²) in [7, 11) is 0. The zero-order valence-electron chi connectivity index (χ0n) is 14.7. The van der Waals surface area contributed by atoms with E-state index in [-0.39, 0.29) is 5.82 Å². The number of guanidine groups is 1. The molecule has 0 atom stereocenters. The molecule has 1 aromatic heterocycles. The fraction of sp³-hybridized carbons (Fsp3) is 0.444. The van der Waals surface area contributed by atoms with Crippen LogP contribution in [0, 0.1) is 12.7 Å². The summed E-state index contributed by atoms with van der Waals surface area (Å²) in [6.07, 6.45) is 0. The highest BCUT2D eigenvalue weighted by Gasteiger charge is 2.21. The summed E-state index contributed by atoms with van der Waals surface area (Å²) in [5.74, 6) is 0.765. The molecule has 1 aromatic carbocycles. The molecule has 0 unspecified atom stereocenters. The van der Waals surface area contributed by atoms with E-state index in [0.29, 0.717) is 12.2 Å². The van der Waals surface area contributed by atoms with E-state index in [9.17, 15) is 4.39 Å². The fourth-order valence-corrected chi connectivity index (χ4v) is 3.62. The first-order valence-electron chi connectivity index (χ1n) is 8.60. The summed E-state index contributed by atoms with van der Waals surface area (Å²) in [6.45, 7) is 8.77. The van der Waals surface area contributed by atoms with E-state index in [0.717, 1.165) is 44.4 Å². The van der Waals surface area contributed by atoms with Crippen LogP contribution in [0.25, 0.3) is 0 Å². The molecule has 3 rings (SSSR count). The van der Waals surface area contributed by atoms with Crippen molar-refractivity contribution in [2.75, 3.05) is 37.6 Å². The van der Waals surface area contributed by atoms with E-state index >= 15 is 0 Å². The summed E-state index contributed by atoms with van der Waals surface area (Å²) in [5, 5.41) is 3.37. The average Bonchev–Trinajstić information content (AvgIpc) is 3.04. The van der Waals surface area contributed by atoms with E-state index in [2.05, 4.69) is 27.0 Å². The molecular formula is C18H24FN5S. The van der Waals surface area contributed by atoms with Crippen LogP contribution in [0.3, 0.4) is 0 Å². The van der Waals surface area contributed by atoms with Crippen molar-refractivity contribution in [3.8, 4) is 0 Å². The Morgan fingerprint density at radius 2 is 2.04 bits per heavy atom. The van der Waals surface area contributed by atoms with Crippen LogP contribution < -0.4 is 10.2 Å². The molecule has 25 heavy (non-hydrogen) atoms. The first-order valence-corrected chi connectivity index (χ1v) is 9.48. The second-order valence-electron chi connectivity index (χ2n) is 5.96. The number of benzene rings is 1. The van der Waals surface area contributed by atoms with Crippen LogP contribution >= 0.6 is 11.3 Å². The van der Waals surface area contributed by atoms with Crippen molar-refractivity contribution in [3.05, 3.63) is 46.2 Å². The van der Waals surface area contributed by atoms with Gasteiger partial charge >= 0.3 is 0 Å². The number of piperazine rings is 1. The number of hydrogen-bond donors (Lipinski definition) is 1. The highest BCUT2D eigenvalue weighted by molar-refractivity contribution is 7.09. The Bertz CT molecular complexity index is 722. The van der Waals surface area contributed by atoms with Gasteiger partial charge in [0.25, 0.3) is 0 Å². The van der Waals surface area contributed by atoms with Crippen LogP contribution in [-0.4, -0.2) is 48.6 Å². The molecule has 2 heterocycles. The number of halogens is 1. The van der Waals surface area contributed by atoms with E-state index in [1.54, 1.807) is 17.4 Å². The van der Waals surface area contributed by atoms with Crippen LogP contribution in [0.5, 0.6) is 0 Å². The molecule has 2 aromatic rings. The van der Waals surface area contributed by atoms with Crippen LogP contribution in [-0.2, 0) is 6.54 Å². The van der Waals surface area contributed by atoms with Crippen molar-refractivity contribution in [1.82, 2.24) is 15.2 Å². The minimum absolute atomic E-state index is 0.155. The summed E-state index contributed by atoms with van der Waals surface area (Å²) in [6, 6.07) is 6.97. The zero-order chi connectivity index (χ0) is 17.6. The van der Waals surface area contributed by atoms with Gasteiger partial charge in [-0.15, -0.1) is 11.3 Å². The summed E-state index contributed by atoms with van der Waals surface area (Å²) in [4.78, 5) is 14.6. The van der Waals surface area contributed by atoms with Gasteiger partial charge in [-0.25, -0.2) is 14.4 Å². The molecule has 0 spiro atoms. The third-order valence-corrected chi connectivity index (χ3v) is 5.24. The molecule has 0 aliphatic carbocycles. The number of nitrogens with zero attached hydrogens (tertiary/aromatic N) is 4. The van der Waals surface area contributed by atoms with Crippen molar-refractivity contribution in [2.24, 2.45) is 4.99 Å². The highest BCUT2D eigenvalue weighted by atomic mass is 32.1. The molecule has 1 aliphatic heterocycles. The van der Waals surface area contributed by atoms with E-state index < -0.39 is 0 Å². The van der Waals surface area contributed by atoms with Gasteiger partial charge in [0.05, 0.1) is 23.4 Å². The van der Waals surface area contributed by atoms with Gasteiger partial charge in [-0.2, -0.15) is 0 Å².